The van der Waals surface area contributed by atoms with Gasteiger partial charge in [0.25, 0.3) is 6.43 Å². The Hall–Kier alpha value is -2.78. The van der Waals surface area contributed by atoms with Gasteiger partial charge < -0.3 is 4.74 Å². The van der Waals surface area contributed by atoms with Crippen LogP contribution in [0.25, 0.3) is 16.9 Å². The first-order valence-electron chi connectivity index (χ1n) is 7.45. The van der Waals surface area contributed by atoms with Crippen molar-refractivity contribution in [2.45, 2.75) is 11.3 Å². The lowest BCUT2D eigenvalue weighted by Crippen LogP contribution is -2.12. The lowest BCUT2D eigenvalue weighted by atomic mass is 10.1. The SMILES string of the molecule is COc1cccc(-c2cc(C(F)F)nn2-c2ccc(S(N)(=O)=O)cc2)c1. The van der Waals surface area contributed by atoms with E-state index in [-0.39, 0.29) is 4.90 Å². The molecule has 3 rings (SSSR count). The normalized spacial score (nSPS) is 11.7. The van der Waals surface area contributed by atoms with Crippen LogP contribution in [0.15, 0.2) is 59.5 Å². The number of halogens is 2. The molecule has 0 saturated carbocycles. The number of hydrogen-bond acceptors (Lipinski definition) is 4. The van der Waals surface area contributed by atoms with E-state index < -0.39 is 22.1 Å². The quantitative estimate of drug-likeness (QED) is 0.738. The maximum atomic E-state index is 13.2. The summed E-state index contributed by atoms with van der Waals surface area (Å²) in [5.41, 5.74) is 1.07. The molecule has 0 amide bonds. The number of alkyl halides is 2. The lowest BCUT2D eigenvalue weighted by Gasteiger charge is -2.09. The molecule has 1 heterocycles. The third kappa shape index (κ3) is 3.58. The monoisotopic (exact) mass is 379 g/mol. The van der Waals surface area contributed by atoms with Gasteiger partial charge in [0, 0.05) is 5.56 Å². The highest BCUT2D eigenvalue weighted by Gasteiger charge is 2.18. The van der Waals surface area contributed by atoms with Crippen molar-refractivity contribution in [2.75, 3.05) is 7.11 Å². The highest BCUT2D eigenvalue weighted by Crippen LogP contribution is 2.30. The molecule has 0 radical (unpaired) electrons. The second kappa shape index (κ2) is 6.85. The van der Waals surface area contributed by atoms with Crippen LogP contribution in [0.4, 0.5) is 8.78 Å². The van der Waals surface area contributed by atoms with E-state index in [4.69, 9.17) is 9.88 Å². The molecule has 0 unspecified atom stereocenters. The Morgan fingerprint density at radius 2 is 1.81 bits per heavy atom. The first-order valence-corrected chi connectivity index (χ1v) is 9.00. The predicted octanol–water partition coefficient (Wildman–Crippen LogP) is 3.13. The van der Waals surface area contributed by atoms with Crippen LogP contribution in [0.3, 0.4) is 0 Å². The molecule has 9 heteroatoms. The lowest BCUT2D eigenvalue weighted by molar-refractivity contribution is 0.145. The van der Waals surface area contributed by atoms with Gasteiger partial charge in [-0.3, -0.25) is 0 Å². The van der Waals surface area contributed by atoms with Gasteiger partial charge in [-0.25, -0.2) is 27.0 Å². The smallest absolute Gasteiger partial charge is 0.282 e. The Bertz CT molecular complexity index is 1030. The van der Waals surface area contributed by atoms with Crippen molar-refractivity contribution >= 4 is 10.0 Å². The van der Waals surface area contributed by atoms with Gasteiger partial charge in [-0.2, -0.15) is 5.10 Å². The summed E-state index contributed by atoms with van der Waals surface area (Å²) in [6.45, 7) is 0. The van der Waals surface area contributed by atoms with Crippen LogP contribution in [0, 0.1) is 0 Å². The minimum absolute atomic E-state index is 0.0783. The molecule has 3 aromatic rings. The van der Waals surface area contributed by atoms with Crippen molar-refractivity contribution in [1.82, 2.24) is 9.78 Å². The Balaban J connectivity index is 2.14. The van der Waals surface area contributed by atoms with E-state index in [1.54, 1.807) is 24.3 Å². The molecule has 2 N–H and O–H groups in total. The standard InChI is InChI=1S/C17H15F2N3O3S/c1-25-13-4-2-3-11(9-13)16-10-15(17(18)19)21-22(16)12-5-7-14(8-6-12)26(20,23)24/h2-10,17H,1H3,(H2,20,23,24). The fourth-order valence-corrected chi connectivity index (χ4v) is 2.98. The first kappa shape index (κ1) is 18.0. The van der Waals surface area contributed by atoms with Gasteiger partial charge in [-0.1, -0.05) is 12.1 Å². The zero-order valence-corrected chi connectivity index (χ0v) is 14.5. The Morgan fingerprint density at radius 1 is 1.12 bits per heavy atom. The number of primary sulfonamides is 1. The highest BCUT2D eigenvalue weighted by molar-refractivity contribution is 7.89. The summed E-state index contributed by atoms with van der Waals surface area (Å²) in [6.07, 6.45) is -2.75. The second-order valence-electron chi connectivity index (χ2n) is 5.44. The average molecular weight is 379 g/mol. The highest BCUT2D eigenvalue weighted by atomic mass is 32.2. The molecule has 0 saturated heterocycles. The van der Waals surface area contributed by atoms with Crippen molar-refractivity contribution in [3.05, 3.63) is 60.3 Å². The van der Waals surface area contributed by atoms with Crippen LogP contribution < -0.4 is 9.88 Å². The van der Waals surface area contributed by atoms with Crippen molar-refractivity contribution < 1.29 is 21.9 Å². The molecular formula is C17H15F2N3O3S. The summed E-state index contributed by atoms with van der Waals surface area (Å²) in [6, 6.07) is 13.7. The maximum absolute atomic E-state index is 13.2. The molecule has 0 spiro atoms. The van der Waals surface area contributed by atoms with Gasteiger partial charge >= 0.3 is 0 Å². The molecule has 6 nitrogen and oxygen atoms in total. The largest absolute Gasteiger partial charge is 0.497 e. The van der Waals surface area contributed by atoms with E-state index in [9.17, 15) is 17.2 Å². The molecule has 136 valence electrons. The zero-order valence-electron chi connectivity index (χ0n) is 13.6. The fraction of sp³-hybridized carbons (Fsp3) is 0.118. The number of nitrogens with zero attached hydrogens (tertiary/aromatic N) is 2. The summed E-state index contributed by atoms with van der Waals surface area (Å²) in [5, 5.41) is 9.03. The van der Waals surface area contributed by atoms with Gasteiger partial charge in [0.2, 0.25) is 10.0 Å². The predicted molar refractivity (Wildman–Crippen MR) is 91.9 cm³/mol. The molecule has 0 aliphatic carbocycles. The molecule has 1 aromatic heterocycles. The van der Waals surface area contributed by atoms with Gasteiger partial charge in [-0.15, -0.1) is 0 Å². The van der Waals surface area contributed by atoms with Gasteiger partial charge in [0.05, 0.1) is 23.4 Å². The third-order valence-electron chi connectivity index (χ3n) is 3.73. The molecule has 0 aliphatic rings. The molecule has 0 bridgehead atoms. The van der Waals surface area contributed by atoms with Gasteiger partial charge in [0.1, 0.15) is 11.4 Å². The Kier molecular flexibility index (Phi) is 4.75. The van der Waals surface area contributed by atoms with E-state index in [0.717, 1.165) is 0 Å². The molecule has 0 aliphatic heterocycles. The number of nitrogens with two attached hydrogens (primary N) is 1. The van der Waals surface area contributed by atoms with Crippen molar-refractivity contribution in [1.29, 1.82) is 0 Å². The minimum Gasteiger partial charge on any atom is -0.497 e. The van der Waals surface area contributed by atoms with E-state index in [1.807, 2.05) is 0 Å². The molecule has 0 atom stereocenters. The summed E-state index contributed by atoms with van der Waals surface area (Å²) in [5.74, 6) is 0.568. The van der Waals surface area contributed by atoms with Gasteiger partial charge in [-0.05, 0) is 42.5 Å². The number of hydrogen-bond donors (Lipinski definition) is 1. The number of methoxy groups -OCH3 is 1. The molecule has 26 heavy (non-hydrogen) atoms. The third-order valence-corrected chi connectivity index (χ3v) is 4.66. The first-order chi connectivity index (χ1) is 12.3. The summed E-state index contributed by atoms with van der Waals surface area (Å²) in [4.78, 5) is -0.0783. The van der Waals surface area contributed by atoms with Crippen LogP contribution in [0.1, 0.15) is 12.1 Å². The summed E-state index contributed by atoms with van der Waals surface area (Å²) < 4.78 is 55.6. The number of aromatic nitrogens is 2. The number of ether oxygens (including phenoxy) is 1. The summed E-state index contributed by atoms with van der Waals surface area (Å²) in [7, 11) is -2.34. The molecule has 0 fully saturated rings. The Labute approximate surface area is 148 Å². The van der Waals surface area contributed by atoms with E-state index in [1.165, 1.54) is 42.1 Å². The van der Waals surface area contributed by atoms with Crippen molar-refractivity contribution in [3.8, 4) is 22.7 Å². The number of rotatable bonds is 5. The number of benzene rings is 2. The van der Waals surface area contributed by atoms with Crippen LogP contribution in [-0.4, -0.2) is 25.3 Å². The summed E-state index contributed by atoms with van der Waals surface area (Å²) >= 11 is 0. The topological polar surface area (TPSA) is 87.2 Å². The number of sulfonamides is 1. The second-order valence-corrected chi connectivity index (χ2v) is 7.00. The fourth-order valence-electron chi connectivity index (χ4n) is 2.47. The van der Waals surface area contributed by atoms with Crippen molar-refractivity contribution in [3.63, 3.8) is 0 Å². The van der Waals surface area contributed by atoms with Crippen LogP contribution in [0.2, 0.25) is 0 Å². The maximum Gasteiger partial charge on any atom is 0.282 e. The average Bonchev–Trinajstić information content (AvgIpc) is 3.07. The van der Waals surface area contributed by atoms with Crippen LogP contribution in [-0.2, 0) is 10.0 Å². The molecular weight excluding hydrogens is 364 g/mol. The van der Waals surface area contributed by atoms with E-state index in [0.29, 0.717) is 22.7 Å². The van der Waals surface area contributed by atoms with E-state index in [2.05, 4.69) is 5.10 Å². The van der Waals surface area contributed by atoms with Crippen LogP contribution in [0.5, 0.6) is 5.75 Å². The van der Waals surface area contributed by atoms with Crippen LogP contribution >= 0.6 is 0 Å². The zero-order chi connectivity index (χ0) is 18.9. The van der Waals surface area contributed by atoms with Crippen molar-refractivity contribution in [2.24, 2.45) is 5.14 Å². The minimum atomic E-state index is -3.85. The molecule has 2 aromatic carbocycles. The van der Waals surface area contributed by atoms with Gasteiger partial charge in [0.15, 0.2) is 0 Å². The van der Waals surface area contributed by atoms with E-state index >= 15 is 0 Å². The Morgan fingerprint density at radius 3 is 2.38 bits per heavy atom.